The molecule has 0 amide bonds. The van der Waals surface area contributed by atoms with Gasteiger partial charge in [0.15, 0.2) is 5.65 Å². The number of aliphatic hydroxyl groups is 1. The Hall–Kier alpha value is -1.93. The van der Waals surface area contributed by atoms with Crippen LogP contribution in [0.15, 0.2) is 9.59 Å². The quantitative estimate of drug-likeness (QED) is 0.696. The van der Waals surface area contributed by atoms with E-state index in [1.54, 1.807) is 7.05 Å². The molecule has 0 radical (unpaired) electrons. The second-order valence-corrected chi connectivity index (χ2v) is 6.09. The Balaban J connectivity index is 1.93. The van der Waals surface area contributed by atoms with Crippen LogP contribution in [-0.4, -0.2) is 36.4 Å². The third-order valence-electron chi connectivity index (χ3n) is 4.64. The number of hydrogen-bond donors (Lipinski definition) is 3. The summed E-state index contributed by atoms with van der Waals surface area (Å²) >= 11 is 0. The molecule has 1 saturated carbocycles. The number of aryl methyl sites for hydroxylation is 1. The Morgan fingerprint density at radius 2 is 1.95 bits per heavy atom. The molecule has 1 aliphatic rings. The number of hydrogen-bond acceptors (Lipinski definition) is 5. The van der Waals surface area contributed by atoms with Crippen LogP contribution >= 0.6 is 0 Å². The molecule has 1 fully saturated rings. The Kier molecular flexibility index (Phi) is 3.65. The number of nitrogens with zero attached hydrogens (tertiary/aromatic N) is 3. The first-order valence-corrected chi connectivity index (χ1v) is 7.48. The van der Waals surface area contributed by atoms with Crippen molar-refractivity contribution in [3.05, 3.63) is 26.7 Å². The maximum Gasteiger partial charge on any atom is 0.332 e. The highest BCUT2D eigenvalue weighted by atomic mass is 16.3. The van der Waals surface area contributed by atoms with Gasteiger partial charge in [-0.2, -0.15) is 0 Å². The Morgan fingerprint density at radius 1 is 1.27 bits per heavy atom. The molecule has 8 heteroatoms. The molecule has 8 nitrogen and oxygen atoms in total. The van der Waals surface area contributed by atoms with E-state index < -0.39 is 5.69 Å². The van der Waals surface area contributed by atoms with Gasteiger partial charge in [0.1, 0.15) is 11.3 Å². The normalized spacial score (nSPS) is 17.4. The van der Waals surface area contributed by atoms with E-state index in [0.29, 0.717) is 23.5 Å². The minimum absolute atomic E-state index is 0.0908. The van der Waals surface area contributed by atoms with Crippen molar-refractivity contribution in [2.75, 3.05) is 6.61 Å². The van der Waals surface area contributed by atoms with Gasteiger partial charge in [-0.05, 0) is 12.8 Å². The summed E-state index contributed by atoms with van der Waals surface area (Å²) < 4.78 is 2.41. The molecule has 3 rings (SSSR count). The summed E-state index contributed by atoms with van der Waals surface area (Å²) in [6, 6.07) is 0. The average molecular weight is 307 g/mol. The molecule has 0 saturated heterocycles. The van der Waals surface area contributed by atoms with Crippen molar-refractivity contribution in [2.24, 2.45) is 14.1 Å². The highest BCUT2D eigenvalue weighted by Crippen LogP contribution is 2.29. The number of aromatic nitrogens is 4. The number of aromatic amines is 1. The van der Waals surface area contributed by atoms with Gasteiger partial charge in [-0.3, -0.25) is 13.9 Å². The molecule has 2 heterocycles. The highest BCUT2D eigenvalue weighted by Gasteiger charge is 2.32. The second kappa shape index (κ2) is 5.36. The van der Waals surface area contributed by atoms with Crippen LogP contribution in [0.4, 0.5) is 0 Å². The molecular weight excluding hydrogens is 286 g/mol. The van der Waals surface area contributed by atoms with Crippen LogP contribution in [0.2, 0.25) is 0 Å². The zero-order chi connectivity index (χ0) is 15.9. The summed E-state index contributed by atoms with van der Waals surface area (Å²) in [6.45, 7) is 0.514. The number of rotatable bonds is 4. The zero-order valence-electron chi connectivity index (χ0n) is 12.8. The summed E-state index contributed by atoms with van der Waals surface area (Å²) in [5, 5.41) is 13.0. The molecule has 2 aromatic rings. The Labute approximate surface area is 126 Å². The predicted molar refractivity (Wildman–Crippen MR) is 81.7 cm³/mol. The molecule has 120 valence electrons. The lowest BCUT2D eigenvalue weighted by Crippen LogP contribution is -2.45. The molecule has 2 aromatic heterocycles. The van der Waals surface area contributed by atoms with Gasteiger partial charge in [0, 0.05) is 19.6 Å². The van der Waals surface area contributed by atoms with Gasteiger partial charge in [0.25, 0.3) is 5.56 Å². The number of imidazole rings is 1. The molecule has 0 bridgehead atoms. The molecular formula is C14H21N5O3. The van der Waals surface area contributed by atoms with E-state index in [2.05, 4.69) is 15.3 Å². The summed E-state index contributed by atoms with van der Waals surface area (Å²) in [7, 11) is 3.04. The summed E-state index contributed by atoms with van der Waals surface area (Å²) in [4.78, 5) is 31.4. The lowest BCUT2D eigenvalue weighted by atomic mass is 9.99. The molecule has 0 aliphatic heterocycles. The van der Waals surface area contributed by atoms with Gasteiger partial charge >= 0.3 is 5.69 Å². The second-order valence-electron chi connectivity index (χ2n) is 6.09. The van der Waals surface area contributed by atoms with E-state index in [0.717, 1.165) is 30.3 Å². The molecule has 0 atom stereocenters. The van der Waals surface area contributed by atoms with E-state index in [-0.39, 0.29) is 17.7 Å². The number of fused-ring (bicyclic) bond motifs is 1. The topological polar surface area (TPSA) is 105 Å². The number of aliphatic hydroxyl groups excluding tert-OH is 1. The van der Waals surface area contributed by atoms with E-state index in [1.807, 2.05) is 0 Å². The number of H-pyrrole nitrogens is 1. The van der Waals surface area contributed by atoms with Crippen LogP contribution in [0.1, 0.15) is 31.5 Å². The van der Waals surface area contributed by atoms with Gasteiger partial charge in [-0.1, -0.05) is 12.8 Å². The van der Waals surface area contributed by atoms with Gasteiger partial charge in [-0.25, -0.2) is 9.78 Å². The minimum atomic E-state index is -0.397. The van der Waals surface area contributed by atoms with E-state index >= 15 is 0 Å². The lowest BCUT2D eigenvalue weighted by Gasteiger charge is -2.27. The van der Waals surface area contributed by atoms with Crippen molar-refractivity contribution >= 4 is 11.2 Å². The first-order valence-electron chi connectivity index (χ1n) is 7.48. The Morgan fingerprint density at radius 3 is 2.59 bits per heavy atom. The summed E-state index contributed by atoms with van der Waals surface area (Å²) in [5.41, 5.74) is -0.350. The first-order chi connectivity index (χ1) is 10.5. The largest absolute Gasteiger partial charge is 0.394 e. The van der Waals surface area contributed by atoms with Crippen molar-refractivity contribution in [1.82, 2.24) is 24.4 Å². The van der Waals surface area contributed by atoms with Crippen molar-refractivity contribution < 1.29 is 5.11 Å². The van der Waals surface area contributed by atoms with Crippen LogP contribution in [0.5, 0.6) is 0 Å². The molecule has 0 aromatic carbocycles. The van der Waals surface area contributed by atoms with Crippen LogP contribution < -0.4 is 16.6 Å². The highest BCUT2D eigenvalue weighted by molar-refractivity contribution is 5.69. The molecule has 0 unspecified atom stereocenters. The Bertz CT molecular complexity index is 810. The maximum atomic E-state index is 12.1. The van der Waals surface area contributed by atoms with Crippen molar-refractivity contribution in [3.63, 3.8) is 0 Å². The van der Waals surface area contributed by atoms with Gasteiger partial charge in [-0.15, -0.1) is 0 Å². The van der Waals surface area contributed by atoms with E-state index in [1.165, 1.54) is 11.6 Å². The molecule has 1 aliphatic carbocycles. The van der Waals surface area contributed by atoms with Crippen LogP contribution in [0.3, 0.4) is 0 Å². The van der Waals surface area contributed by atoms with Crippen molar-refractivity contribution in [2.45, 2.75) is 37.8 Å². The first kappa shape index (κ1) is 15.0. The zero-order valence-corrected chi connectivity index (χ0v) is 12.8. The van der Waals surface area contributed by atoms with Crippen molar-refractivity contribution in [3.8, 4) is 0 Å². The fourth-order valence-electron chi connectivity index (χ4n) is 3.17. The van der Waals surface area contributed by atoms with Gasteiger partial charge < -0.3 is 15.4 Å². The van der Waals surface area contributed by atoms with Crippen LogP contribution in [0, 0.1) is 0 Å². The van der Waals surface area contributed by atoms with Crippen LogP contribution in [0.25, 0.3) is 11.2 Å². The van der Waals surface area contributed by atoms with E-state index in [4.69, 9.17) is 0 Å². The lowest BCUT2D eigenvalue weighted by molar-refractivity contribution is 0.162. The molecule has 0 spiro atoms. The third-order valence-corrected chi connectivity index (χ3v) is 4.64. The monoisotopic (exact) mass is 307 g/mol. The van der Waals surface area contributed by atoms with Gasteiger partial charge in [0.2, 0.25) is 0 Å². The third kappa shape index (κ3) is 2.28. The van der Waals surface area contributed by atoms with Gasteiger partial charge in [0.05, 0.1) is 13.2 Å². The predicted octanol–water partition coefficient (Wildman–Crippen LogP) is -0.645. The SMILES string of the molecule is Cn1c(=O)c2[nH]c(CNC3(CO)CCCC3)nc2n(C)c1=O. The fraction of sp³-hybridized carbons (Fsp3) is 0.643. The standard InChI is InChI=1S/C14H21N5O3/c1-18-11-10(12(21)19(2)13(18)22)16-9(17-11)7-15-14(8-20)5-3-4-6-14/h15,20H,3-8H2,1-2H3,(H,16,17). The molecule has 22 heavy (non-hydrogen) atoms. The minimum Gasteiger partial charge on any atom is -0.394 e. The number of nitrogens with one attached hydrogen (secondary N) is 2. The van der Waals surface area contributed by atoms with Crippen molar-refractivity contribution in [1.29, 1.82) is 0 Å². The van der Waals surface area contributed by atoms with E-state index in [9.17, 15) is 14.7 Å². The average Bonchev–Trinajstić information content (AvgIpc) is 3.16. The van der Waals surface area contributed by atoms with Crippen LogP contribution in [-0.2, 0) is 20.6 Å². The summed E-state index contributed by atoms with van der Waals surface area (Å²) in [5.74, 6) is 0.591. The summed E-state index contributed by atoms with van der Waals surface area (Å²) in [6.07, 6.45) is 4.07. The smallest absolute Gasteiger partial charge is 0.332 e. The molecule has 3 N–H and O–H groups in total. The fourth-order valence-corrected chi connectivity index (χ4v) is 3.17. The maximum absolute atomic E-state index is 12.1.